The van der Waals surface area contributed by atoms with Crippen molar-refractivity contribution < 1.29 is 22.2 Å². The predicted molar refractivity (Wildman–Crippen MR) is 207 cm³/mol. The number of nitrogens with one attached hydrogen (secondary N) is 1. The Morgan fingerprint density at radius 2 is 1.18 bits per heavy atom. The third-order valence-corrected chi connectivity index (χ3v) is 9.02. The van der Waals surface area contributed by atoms with E-state index in [1.165, 1.54) is 27.8 Å². The number of carbonyl (C=O) groups excluding carboxylic acids is 2. The lowest BCUT2D eigenvalue weighted by Crippen LogP contribution is -2.23. The smallest absolute Gasteiger partial charge is 0.326 e. The van der Waals surface area contributed by atoms with Gasteiger partial charge in [-0.25, -0.2) is 0 Å². The van der Waals surface area contributed by atoms with E-state index in [-0.39, 0.29) is 17.1 Å². The number of Topliss-reactive ketones (excluding diaryl/α,β-unsaturated/α-hetero) is 1. The SMILES string of the molecule is CCCC(=O)c1ccc(C[C@H](C(=O)Nc2ccc(-c3c(C)cc(C)cc3C)cc2)c2ccc(-c3ccc(C(C)(C)C)cc3)cc2)cc1.O=S(=O)=O. The topological polar surface area (TPSA) is 97.4 Å². The maximum Gasteiger partial charge on any atom is 0.425 e. The Morgan fingerprint density at radius 3 is 1.67 bits per heavy atom. The Morgan fingerprint density at radius 1 is 0.686 bits per heavy atom. The zero-order valence-electron chi connectivity index (χ0n) is 30.5. The summed E-state index contributed by atoms with van der Waals surface area (Å²) in [5.41, 5.74) is 13.2. The van der Waals surface area contributed by atoms with E-state index in [2.05, 4.69) is 120 Å². The minimum Gasteiger partial charge on any atom is -0.326 e. The molecule has 0 aliphatic heterocycles. The van der Waals surface area contributed by atoms with Crippen LogP contribution in [0.25, 0.3) is 22.3 Å². The van der Waals surface area contributed by atoms with E-state index in [4.69, 9.17) is 12.6 Å². The van der Waals surface area contributed by atoms with Crippen molar-refractivity contribution in [3.05, 3.63) is 148 Å². The summed E-state index contributed by atoms with van der Waals surface area (Å²) in [5, 5.41) is 3.20. The molecule has 51 heavy (non-hydrogen) atoms. The number of benzene rings is 5. The van der Waals surface area contributed by atoms with Gasteiger partial charge in [0.05, 0.1) is 5.92 Å². The third kappa shape index (κ3) is 10.7. The fourth-order valence-corrected chi connectivity index (χ4v) is 6.45. The van der Waals surface area contributed by atoms with Crippen molar-refractivity contribution in [3.63, 3.8) is 0 Å². The van der Waals surface area contributed by atoms with Gasteiger partial charge in [0.25, 0.3) is 0 Å². The molecule has 0 bridgehead atoms. The minimum absolute atomic E-state index is 0.0612. The number of amides is 1. The molecular formula is C44H47NO5S. The van der Waals surface area contributed by atoms with E-state index >= 15 is 0 Å². The van der Waals surface area contributed by atoms with Crippen molar-refractivity contribution in [1.29, 1.82) is 0 Å². The normalized spacial score (nSPS) is 11.6. The van der Waals surface area contributed by atoms with Crippen LogP contribution in [0.2, 0.25) is 0 Å². The van der Waals surface area contributed by atoms with Crippen LogP contribution in [-0.4, -0.2) is 24.3 Å². The second-order valence-corrected chi connectivity index (χ2v) is 14.5. The van der Waals surface area contributed by atoms with Gasteiger partial charge in [-0.3, -0.25) is 9.59 Å². The molecule has 0 saturated heterocycles. The molecule has 0 aliphatic carbocycles. The van der Waals surface area contributed by atoms with Crippen LogP contribution in [0, 0.1) is 20.8 Å². The number of rotatable bonds is 10. The van der Waals surface area contributed by atoms with E-state index in [0.717, 1.165) is 45.5 Å². The van der Waals surface area contributed by atoms with Gasteiger partial charge in [0.2, 0.25) is 5.91 Å². The highest BCUT2D eigenvalue weighted by Gasteiger charge is 2.22. The van der Waals surface area contributed by atoms with Crippen LogP contribution >= 0.6 is 0 Å². The summed E-state index contributed by atoms with van der Waals surface area (Å²) in [7, 11) is -3.11. The largest absolute Gasteiger partial charge is 0.425 e. The molecule has 0 unspecified atom stereocenters. The molecule has 0 radical (unpaired) electrons. The van der Waals surface area contributed by atoms with Crippen LogP contribution in [0.1, 0.15) is 90.2 Å². The van der Waals surface area contributed by atoms with Gasteiger partial charge < -0.3 is 5.32 Å². The lowest BCUT2D eigenvalue weighted by Gasteiger charge is -2.20. The van der Waals surface area contributed by atoms with Crippen LogP contribution in [0.5, 0.6) is 0 Å². The van der Waals surface area contributed by atoms with Crippen molar-refractivity contribution in [2.24, 2.45) is 0 Å². The van der Waals surface area contributed by atoms with Crippen LogP contribution in [0.3, 0.4) is 0 Å². The van der Waals surface area contributed by atoms with Crippen LogP contribution in [0.15, 0.2) is 109 Å². The molecule has 1 amide bonds. The van der Waals surface area contributed by atoms with Gasteiger partial charge in [0.1, 0.15) is 0 Å². The maximum absolute atomic E-state index is 14.0. The van der Waals surface area contributed by atoms with Crippen molar-refractivity contribution in [2.45, 2.75) is 79.1 Å². The average molecular weight is 702 g/mol. The van der Waals surface area contributed by atoms with Gasteiger partial charge in [-0.1, -0.05) is 130 Å². The number of ketones is 1. The van der Waals surface area contributed by atoms with Gasteiger partial charge in [0.15, 0.2) is 5.78 Å². The molecule has 0 fully saturated rings. The summed E-state index contributed by atoms with van der Waals surface area (Å²) in [5.74, 6) is -0.321. The maximum atomic E-state index is 14.0. The van der Waals surface area contributed by atoms with Crippen molar-refractivity contribution in [2.75, 3.05) is 5.32 Å². The van der Waals surface area contributed by atoms with E-state index in [1.807, 2.05) is 43.3 Å². The number of hydrogen-bond acceptors (Lipinski definition) is 5. The predicted octanol–water partition coefficient (Wildman–Crippen LogP) is 10.2. The first-order valence-electron chi connectivity index (χ1n) is 17.2. The summed E-state index contributed by atoms with van der Waals surface area (Å²) in [6.45, 7) is 15.1. The molecule has 1 atom stereocenters. The van der Waals surface area contributed by atoms with Gasteiger partial charge >= 0.3 is 10.6 Å². The molecule has 5 rings (SSSR count). The zero-order chi connectivity index (χ0) is 37.3. The molecule has 264 valence electrons. The average Bonchev–Trinajstić information content (AvgIpc) is 3.07. The summed E-state index contributed by atoms with van der Waals surface area (Å²) in [6, 6.07) is 37.4. The Hall–Kier alpha value is -5.14. The summed E-state index contributed by atoms with van der Waals surface area (Å²) >= 11 is 0. The number of carbonyl (C=O) groups is 2. The Balaban J connectivity index is 0.00000138. The molecule has 7 heteroatoms. The molecule has 0 aliphatic rings. The standard InChI is InChI=1S/C44H47NO2.O3S/c1-8-9-41(46)36-12-10-32(11-13-36)28-40(35-16-14-33(15-17-35)34-18-22-38(23-19-34)44(5,6)7)43(47)45-39-24-20-37(21-25-39)42-30(3)26-29(2)27-31(42)4;1-4(2)3/h10-27,40H,8-9,28H2,1-7H3,(H,45,47);/t40-;/m0./s1. The molecule has 0 aromatic heterocycles. The first-order chi connectivity index (χ1) is 24.2. The zero-order valence-corrected chi connectivity index (χ0v) is 31.4. The van der Waals surface area contributed by atoms with Crippen molar-refractivity contribution >= 4 is 28.0 Å². The second kappa shape index (κ2) is 17.2. The van der Waals surface area contributed by atoms with E-state index in [0.29, 0.717) is 12.8 Å². The second-order valence-electron chi connectivity index (χ2n) is 14.1. The summed E-state index contributed by atoms with van der Waals surface area (Å²) < 4.78 is 25.3. The van der Waals surface area contributed by atoms with Crippen molar-refractivity contribution in [3.8, 4) is 22.3 Å². The lowest BCUT2D eigenvalue weighted by molar-refractivity contribution is -0.117. The fraction of sp³-hybridized carbons (Fsp3) is 0.273. The molecule has 0 saturated carbocycles. The highest BCUT2D eigenvalue weighted by Crippen LogP contribution is 2.32. The Bertz CT molecular complexity index is 2050. The molecule has 5 aromatic rings. The highest BCUT2D eigenvalue weighted by molar-refractivity contribution is 7.59. The van der Waals surface area contributed by atoms with E-state index < -0.39 is 16.5 Å². The van der Waals surface area contributed by atoms with Gasteiger partial charge in [-0.15, -0.1) is 12.6 Å². The Labute approximate surface area is 304 Å². The molecule has 1 N–H and O–H groups in total. The van der Waals surface area contributed by atoms with Crippen LogP contribution < -0.4 is 5.32 Å². The number of aryl methyl sites for hydroxylation is 3. The van der Waals surface area contributed by atoms with Crippen LogP contribution in [0.4, 0.5) is 5.69 Å². The summed E-state index contributed by atoms with van der Waals surface area (Å²) in [6.07, 6.45) is 1.88. The first kappa shape index (κ1) is 38.7. The molecule has 0 spiro atoms. The number of hydrogen-bond donors (Lipinski definition) is 1. The van der Waals surface area contributed by atoms with E-state index in [9.17, 15) is 9.59 Å². The van der Waals surface area contributed by atoms with Gasteiger partial charge in [0, 0.05) is 17.7 Å². The quantitative estimate of drug-likeness (QED) is 0.146. The third-order valence-electron chi connectivity index (χ3n) is 9.02. The molecule has 6 nitrogen and oxygen atoms in total. The molecule has 5 aromatic carbocycles. The monoisotopic (exact) mass is 701 g/mol. The minimum atomic E-state index is -3.11. The van der Waals surface area contributed by atoms with Crippen LogP contribution in [-0.2, 0) is 27.2 Å². The molecular weight excluding hydrogens is 655 g/mol. The molecule has 0 heterocycles. The first-order valence-corrected chi connectivity index (χ1v) is 18.2. The summed E-state index contributed by atoms with van der Waals surface area (Å²) in [4.78, 5) is 26.4. The highest BCUT2D eigenvalue weighted by atomic mass is 32.2. The lowest BCUT2D eigenvalue weighted by atomic mass is 9.86. The number of anilines is 1. The Kier molecular flexibility index (Phi) is 13.0. The van der Waals surface area contributed by atoms with Gasteiger partial charge in [-0.05, 0) is 101 Å². The fourth-order valence-electron chi connectivity index (χ4n) is 6.45. The van der Waals surface area contributed by atoms with E-state index in [1.54, 1.807) is 0 Å². The van der Waals surface area contributed by atoms with Gasteiger partial charge in [-0.2, -0.15) is 0 Å². The van der Waals surface area contributed by atoms with Crippen molar-refractivity contribution in [1.82, 2.24) is 0 Å².